The molecule has 2 rings (SSSR count). The summed E-state index contributed by atoms with van der Waals surface area (Å²) < 4.78 is 10.0. The minimum Gasteiger partial charge on any atom is -0.490 e. The summed E-state index contributed by atoms with van der Waals surface area (Å²) in [6, 6.07) is 19.1. The molecule has 0 heterocycles. The van der Waals surface area contributed by atoms with Crippen molar-refractivity contribution in [2.75, 3.05) is 13.2 Å². The molecule has 27 heavy (non-hydrogen) atoms. The Morgan fingerprint density at radius 2 is 1.56 bits per heavy atom. The summed E-state index contributed by atoms with van der Waals surface area (Å²) in [6.45, 7) is 7.34. The summed E-state index contributed by atoms with van der Waals surface area (Å²) in [5.41, 5.74) is 1.41. The molecule has 0 atom stereocenters. The van der Waals surface area contributed by atoms with Crippen molar-refractivity contribution in [1.82, 2.24) is 0 Å². The monoisotopic (exact) mass is 368 g/mol. The maximum Gasteiger partial charge on any atom is 0.330 e. The number of hydrogen-bond donors (Lipinski definition) is 1. The van der Waals surface area contributed by atoms with Gasteiger partial charge in [0.2, 0.25) is 0 Å². The van der Waals surface area contributed by atoms with Gasteiger partial charge >= 0.3 is 11.9 Å². The minimum absolute atomic E-state index is 0.236. The Morgan fingerprint density at radius 3 is 2.11 bits per heavy atom. The van der Waals surface area contributed by atoms with E-state index in [1.54, 1.807) is 0 Å². The van der Waals surface area contributed by atoms with E-state index in [1.807, 2.05) is 60.7 Å². The lowest BCUT2D eigenvalue weighted by atomic mass is 10.1. The zero-order valence-corrected chi connectivity index (χ0v) is 15.2. The van der Waals surface area contributed by atoms with Gasteiger partial charge in [-0.25, -0.2) is 9.59 Å². The molecule has 0 radical (unpaired) electrons. The van der Waals surface area contributed by atoms with Crippen LogP contribution in [0.1, 0.15) is 12.0 Å². The third-order valence-corrected chi connectivity index (χ3v) is 3.37. The lowest BCUT2D eigenvalue weighted by Gasteiger charge is -2.05. The van der Waals surface area contributed by atoms with Crippen LogP contribution >= 0.6 is 0 Å². The number of carboxylic acids is 1. The van der Waals surface area contributed by atoms with E-state index < -0.39 is 11.9 Å². The van der Waals surface area contributed by atoms with Crippen LogP contribution in [0.25, 0.3) is 0 Å². The molecule has 0 saturated heterocycles. The second-order valence-corrected chi connectivity index (χ2v) is 5.43. The predicted molar refractivity (Wildman–Crippen MR) is 105 cm³/mol. The molecule has 142 valence electrons. The van der Waals surface area contributed by atoms with Gasteiger partial charge in [0.1, 0.15) is 19.0 Å². The van der Waals surface area contributed by atoms with Crippen molar-refractivity contribution in [1.29, 1.82) is 0 Å². The maximum atomic E-state index is 10.6. The van der Waals surface area contributed by atoms with Gasteiger partial charge in [0, 0.05) is 11.6 Å². The van der Waals surface area contributed by atoms with Crippen molar-refractivity contribution >= 4 is 11.9 Å². The third kappa shape index (κ3) is 10.3. The maximum absolute atomic E-state index is 10.6. The summed E-state index contributed by atoms with van der Waals surface area (Å²) in [6.07, 6.45) is 2.38. The summed E-state index contributed by atoms with van der Waals surface area (Å²) in [5.74, 6) is -0.570. The lowest BCUT2D eigenvalue weighted by molar-refractivity contribution is -0.138. The van der Waals surface area contributed by atoms with Crippen molar-refractivity contribution in [3.63, 3.8) is 0 Å². The van der Waals surface area contributed by atoms with Crippen LogP contribution in [0.2, 0.25) is 0 Å². The topological polar surface area (TPSA) is 72.8 Å². The smallest absolute Gasteiger partial charge is 0.330 e. The Morgan fingerprint density at radius 1 is 0.963 bits per heavy atom. The van der Waals surface area contributed by atoms with Gasteiger partial charge in [-0.15, -0.1) is 0 Å². The highest BCUT2D eigenvalue weighted by Crippen LogP contribution is 2.08. The van der Waals surface area contributed by atoms with E-state index in [4.69, 9.17) is 14.6 Å². The van der Waals surface area contributed by atoms with Gasteiger partial charge in [-0.3, -0.25) is 0 Å². The first kappa shape index (κ1) is 21.7. The van der Waals surface area contributed by atoms with E-state index in [0.29, 0.717) is 13.0 Å². The normalized spacial score (nSPS) is 9.33. The van der Waals surface area contributed by atoms with E-state index in [-0.39, 0.29) is 12.2 Å². The van der Waals surface area contributed by atoms with Crippen LogP contribution in [0.3, 0.4) is 0 Å². The molecule has 5 nitrogen and oxygen atoms in total. The van der Waals surface area contributed by atoms with Crippen molar-refractivity contribution in [3.05, 3.63) is 91.0 Å². The SMILES string of the molecule is C=C(CCc1ccccc1)C(=O)O.C=CC(=O)OCCOc1ccccc1. The molecule has 0 fully saturated rings. The molecule has 5 heteroatoms. The number of hydrogen-bond acceptors (Lipinski definition) is 4. The van der Waals surface area contributed by atoms with E-state index >= 15 is 0 Å². The van der Waals surface area contributed by atoms with Gasteiger partial charge in [0.15, 0.2) is 0 Å². The number of benzene rings is 2. The zero-order valence-electron chi connectivity index (χ0n) is 15.2. The quantitative estimate of drug-likeness (QED) is 0.411. The standard InChI is InChI=1S/C11H12O3.C11H12O2/c1-2-11(12)14-9-8-13-10-6-4-3-5-7-10;1-9(11(12)13)7-8-10-5-3-2-4-6-10/h2-7H,1,8-9H2;2-6H,1,7-8H2,(H,12,13). The molecule has 0 unspecified atom stereocenters. The highest BCUT2D eigenvalue weighted by Gasteiger charge is 2.03. The van der Waals surface area contributed by atoms with Crippen molar-refractivity contribution in [2.24, 2.45) is 0 Å². The molecule has 0 aliphatic heterocycles. The Kier molecular flexibility index (Phi) is 10.4. The molecule has 0 amide bonds. The molecular weight excluding hydrogens is 344 g/mol. The molecule has 0 spiro atoms. The van der Waals surface area contributed by atoms with Crippen LogP contribution in [0.15, 0.2) is 85.5 Å². The van der Waals surface area contributed by atoms with Gasteiger partial charge < -0.3 is 14.6 Å². The fourth-order valence-electron chi connectivity index (χ4n) is 1.92. The van der Waals surface area contributed by atoms with Crippen molar-refractivity contribution < 1.29 is 24.2 Å². The van der Waals surface area contributed by atoms with Crippen LogP contribution in [-0.4, -0.2) is 30.3 Å². The van der Waals surface area contributed by atoms with Gasteiger partial charge in [-0.2, -0.15) is 0 Å². The molecule has 0 saturated carbocycles. The summed E-state index contributed by atoms with van der Waals surface area (Å²) in [7, 11) is 0. The molecular formula is C22H24O5. The molecule has 1 N–H and O–H groups in total. The van der Waals surface area contributed by atoms with Crippen LogP contribution < -0.4 is 4.74 Å². The van der Waals surface area contributed by atoms with E-state index in [9.17, 15) is 9.59 Å². The number of carbonyl (C=O) groups is 2. The Labute approximate surface area is 159 Å². The number of carboxylic acid groups (broad SMARTS) is 1. The van der Waals surface area contributed by atoms with Gasteiger partial charge in [0.05, 0.1) is 0 Å². The number of para-hydroxylation sites is 1. The average Bonchev–Trinajstić information content (AvgIpc) is 2.71. The Balaban J connectivity index is 0.000000271. The average molecular weight is 368 g/mol. The Bertz CT molecular complexity index is 723. The molecule has 0 aliphatic rings. The Hall–Kier alpha value is -3.34. The third-order valence-electron chi connectivity index (χ3n) is 3.37. The number of carbonyl (C=O) groups excluding carboxylic acids is 1. The molecule has 0 aromatic heterocycles. The van der Waals surface area contributed by atoms with Crippen molar-refractivity contribution in [2.45, 2.75) is 12.8 Å². The van der Waals surface area contributed by atoms with Crippen LogP contribution in [-0.2, 0) is 20.7 Å². The van der Waals surface area contributed by atoms with Gasteiger partial charge in [0.25, 0.3) is 0 Å². The van der Waals surface area contributed by atoms with Crippen LogP contribution in [0, 0.1) is 0 Å². The van der Waals surface area contributed by atoms with Crippen molar-refractivity contribution in [3.8, 4) is 5.75 Å². The minimum atomic E-state index is -0.907. The molecule has 2 aromatic carbocycles. The number of aliphatic carboxylic acids is 1. The van der Waals surface area contributed by atoms with E-state index in [0.717, 1.165) is 23.8 Å². The molecule has 0 aliphatic carbocycles. The molecule has 2 aromatic rings. The first-order valence-corrected chi connectivity index (χ1v) is 8.45. The van der Waals surface area contributed by atoms with Crippen LogP contribution in [0.5, 0.6) is 5.75 Å². The lowest BCUT2D eigenvalue weighted by Crippen LogP contribution is -2.09. The highest BCUT2D eigenvalue weighted by molar-refractivity contribution is 5.85. The van der Waals surface area contributed by atoms with Gasteiger partial charge in [-0.1, -0.05) is 61.7 Å². The summed E-state index contributed by atoms with van der Waals surface area (Å²) in [5, 5.41) is 8.56. The molecule has 0 bridgehead atoms. The van der Waals surface area contributed by atoms with Gasteiger partial charge in [-0.05, 0) is 30.5 Å². The number of ether oxygens (including phenoxy) is 2. The number of aryl methyl sites for hydroxylation is 1. The zero-order chi connectivity index (χ0) is 19.9. The second kappa shape index (κ2) is 12.9. The first-order chi connectivity index (χ1) is 13.0. The summed E-state index contributed by atoms with van der Waals surface area (Å²) in [4.78, 5) is 21.0. The first-order valence-electron chi connectivity index (χ1n) is 8.45. The fraction of sp³-hybridized carbons (Fsp3) is 0.182. The second-order valence-electron chi connectivity index (χ2n) is 5.43. The largest absolute Gasteiger partial charge is 0.490 e. The fourth-order valence-corrected chi connectivity index (χ4v) is 1.92. The number of esters is 1. The van der Waals surface area contributed by atoms with Crippen LogP contribution in [0.4, 0.5) is 0 Å². The predicted octanol–water partition coefficient (Wildman–Crippen LogP) is 4.05. The number of rotatable bonds is 9. The van der Waals surface area contributed by atoms with E-state index in [2.05, 4.69) is 13.2 Å². The van der Waals surface area contributed by atoms with E-state index in [1.165, 1.54) is 0 Å². The summed E-state index contributed by atoms with van der Waals surface area (Å²) >= 11 is 0. The highest BCUT2D eigenvalue weighted by atomic mass is 16.6.